The Balaban J connectivity index is 1.69. The van der Waals surface area contributed by atoms with Crippen LogP contribution in [0.4, 0.5) is 0 Å². The van der Waals surface area contributed by atoms with Gasteiger partial charge >= 0.3 is 0 Å². The Hall–Kier alpha value is -1.86. The summed E-state index contributed by atoms with van der Waals surface area (Å²) in [4.78, 5) is 29.9. The second-order valence-corrected chi connectivity index (χ2v) is 8.10. The zero-order valence-electron chi connectivity index (χ0n) is 16.5. The van der Waals surface area contributed by atoms with Crippen LogP contribution in [0.25, 0.3) is 10.9 Å². The molecule has 0 spiro atoms. The molecule has 1 fully saturated rings. The first-order valence-corrected chi connectivity index (χ1v) is 11.2. The lowest BCUT2D eigenvalue weighted by Gasteiger charge is -2.16. The molecular weight excluding hydrogens is 374 g/mol. The lowest BCUT2D eigenvalue weighted by molar-refractivity contribution is -0.118. The van der Waals surface area contributed by atoms with E-state index in [4.69, 9.17) is 4.74 Å². The van der Waals surface area contributed by atoms with Crippen LogP contribution in [0.1, 0.15) is 45.4 Å². The van der Waals surface area contributed by atoms with Crippen LogP contribution in [-0.2, 0) is 16.1 Å². The molecule has 1 aromatic heterocycles. The van der Waals surface area contributed by atoms with E-state index in [1.54, 1.807) is 10.6 Å². The van der Waals surface area contributed by atoms with Gasteiger partial charge in [-0.25, -0.2) is 4.98 Å². The highest BCUT2D eigenvalue weighted by Gasteiger charge is 2.20. The minimum Gasteiger partial charge on any atom is -0.376 e. The maximum Gasteiger partial charge on any atom is 0.262 e. The fourth-order valence-corrected chi connectivity index (χ4v) is 4.21. The third-order valence-corrected chi connectivity index (χ3v) is 5.90. The smallest absolute Gasteiger partial charge is 0.262 e. The van der Waals surface area contributed by atoms with E-state index in [-0.39, 0.29) is 23.3 Å². The van der Waals surface area contributed by atoms with E-state index >= 15 is 0 Å². The summed E-state index contributed by atoms with van der Waals surface area (Å²) < 4.78 is 7.39. The number of carbonyl (C=O) groups is 1. The molecule has 1 aliphatic heterocycles. The number of thioether (sulfide) groups is 1. The number of aromatic nitrogens is 2. The molecule has 152 valence electrons. The molecule has 1 aromatic carbocycles. The first kappa shape index (κ1) is 20.9. The first-order chi connectivity index (χ1) is 13.7. The number of carbonyl (C=O) groups excluding carboxylic acids is 1. The SMILES string of the molecule is CCCCCCNC(=O)CSc1nc2ccccc2c(=O)n1CC1CCCO1. The lowest BCUT2D eigenvalue weighted by atomic mass is 10.2. The minimum atomic E-state index is -0.0661. The highest BCUT2D eigenvalue weighted by Crippen LogP contribution is 2.20. The minimum absolute atomic E-state index is 0.0208. The van der Waals surface area contributed by atoms with Crippen molar-refractivity contribution in [2.75, 3.05) is 18.9 Å². The van der Waals surface area contributed by atoms with Crippen molar-refractivity contribution in [2.45, 2.75) is 63.3 Å². The molecule has 7 heteroatoms. The number of amides is 1. The Bertz CT molecular complexity index is 846. The van der Waals surface area contributed by atoms with Crippen LogP contribution in [-0.4, -0.2) is 40.5 Å². The van der Waals surface area contributed by atoms with E-state index in [0.717, 1.165) is 32.3 Å². The number of hydrogen-bond donors (Lipinski definition) is 1. The van der Waals surface area contributed by atoms with Gasteiger partial charge in [0.1, 0.15) is 0 Å². The molecule has 0 aliphatic carbocycles. The number of unbranched alkanes of at least 4 members (excludes halogenated alkanes) is 3. The second-order valence-electron chi connectivity index (χ2n) is 7.16. The fraction of sp³-hybridized carbons (Fsp3) is 0.571. The largest absolute Gasteiger partial charge is 0.376 e. The molecule has 1 amide bonds. The van der Waals surface area contributed by atoms with Crippen LogP contribution >= 0.6 is 11.8 Å². The molecule has 1 saturated heterocycles. The number of ether oxygens (including phenoxy) is 1. The van der Waals surface area contributed by atoms with Crippen LogP contribution in [0.2, 0.25) is 0 Å². The van der Waals surface area contributed by atoms with Gasteiger partial charge in [-0.1, -0.05) is 50.1 Å². The predicted molar refractivity (Wildman–Crippen MR) is 113 cm³/mol. The summed E-state index contributed by atoms with van der Waals surface area (Å²) in [7, 11) is 0. The van der Waals surface area contributed by atoms with Crippen LogP contribution in [0.15, 0.2) is 34.2 Å². The second kappa shape index (κ2) is 10.6. The monoisotopic (exact) mass is 403 g/mol. The summed E-state index contributed by atoms with van der Waals surface area (Å²) in [6.07, 6.45) is 6.51. The molecule has 1 N–H and O–H groups in total. The highest BCUT2D eigenvalue weighted by atomic mass is 32.2. The maximum atomic E-state index is 13.0. The number of hydrogen-bond acceptors (Lipinski definition) is 5. The Morgan fingerprint density at radius 1 is 1.32 bits per heavy atom. The lowest BCUT2D eigenvalue weighted by Crippen LogP contribution is -2.30. The van der Waals surface area contributed by atoms with Gasteiger partial charge in [0, 0.05) is 13.2 Å². The van der Waals surface area contributed by atoms with Crippen molar-refractivity contribution in [1.82, 2.24) is 14.9 Å². The Morgan fingerprint density at radius 2 is 2.18 bits per heavy atom. The van der Waals surface area contributed by atoms with E-state index < -0.39 is 0 Å². The van der Waals surface area contributed by atoms with Crippen molar-refractivity contribution in [1.29, 1.82) is 0 Å². The van der Waals surface area contributed by atoms with E-state index in [0.29, 0.717) is 29.1 Å². The fourth-order valence-electron chi connectivity index (χ4n) is 3.37. The molecule has 0 radical (unpaired) electrons. The zero-order valence-corrected chi connectivity index (χ0v) is 17.3. The first-order valence-electron chi connectivity index (χ1n) is 10.2. The molecule has 6 nitrogen and oxygen atoms in total. The van der Waals surface area contributed by atoms with Crippen molar-refractivity contribution < 1.29 is 9.53 Å². The van der Waals surface area contributed by atoms with Gasteiger partial charge in [-0.2, -0.15) is 0 Å². The third kappa shape index (κ3) is 5.58. The van der Waals surface area contributed by atoms with Crippen molar-refractivity contribution >= 4 is 28.6 Å². The summed E-state index contributed by atoms with van der Waals surface area (Å²) in [6.45, 7) is 4.09. The number of para-hydroxylation sites is 1. The quantitative estimate of drug-likeness (QED) is 0.374. The van der Waals surface area contributed by atoms with E-state index in [2.05, 4.69) is 17.2 Å². The molecule has 1 aliphatic rings. The molecule has 0 saturated carbocycles. The van der Waals surface area contributed by atoms with Crippen LogP contribution < -0.4 is 10.9 Å². The van der Waals surface area contributed by atoms with Crippen molar-refractivity contribution in [3.05, 3.63) is 34.6 Å². The van der Waals surface area contributed by atoms with Crippen molar-refractivity contribution in [3.63, 3.8) is 0 Å². The van der Waals surface area contributed by atoms with Gasteiger partial charge in [-0.15, -0.1) is 0 Å². The molecule has 1 unspecified atom stereocenters. The van der Waals surface area contributed by atoms with Gasteiger partial charge in [-0.05, 0) is 31.4 Å². The van der Waals surface area contributed by atoms with Gasteiger partial charge in [0.25, 0.3) is 5.56 Å². The van der Waals surface area contributed by atoms with Crippen LogP contribution in [0.3, 0.4) is 0 Å². The van der Waals surface area contributed by atoms with Gasteiger partial charge in [0.15, 0.2) is 5.16 Å². The molecular formula is C21H29N3O3S. The van der Waals surface area contributed by atoms with Gasteiger partial charge in [0.2, 0.25) is 5.91 Å². The van der Waals surface area contributed by atoms with E-state index in [9.17, 15) is 9.59 Å². The standard InChI is InChI=1S/C21H29N3O3S/c1-2-3-4-7-12-22-19(25)15-28-21-23-18-11-6-5-10-17(18)20(26)24(21)14-16-9-8-13-27-16/h5-6,10-11,16H,2-4,7-9,12-15H2,1H3,(H,22,25). The van der Waals surface area contributed by atoms with Gasteiger partial charge < -0.3 is 10.1 Å². The maximum absolute atomic E-state index is 13.0. The third-order valence-electron chi connectivity index (χ3n) is 4.92. The Labute approximate surface area is 170 Å². The summed E-state index contributed by atoms with van der Waals surface area (Å²) in [5.74, 6) is 0.233. The average molecular weight is 404 g/mol. The average Bonchev–Trinajstić information content (AvgIpc) is 3.22. The Morgan fingerprint density at radius 3 is 2.96 bits per heavy atom. The number of nitrogens with one attached hydrogen (secondary N) is 1. The molecule has 2 aromatic rings. The molecule has 1 atom stereocenters. The van der Waals surface area contributed by atoms with E-state index in [1.807, 2.05) is 18.2 Å². The van der Waals surface area contributed by atoms with Crippen molar-refractivity contribution in [2.24, 2.45) is 0 Å². The molecule has 0 bridgehead atoms. The summed E-state index contributed by atoms with van der Waals surface area (Å²) in [5, 5.41) is 4.14. The zero-order chi connectivity index (χ0) is 19.8. The molecule has 2 heterocycles. The summed E-state index contributed by atoms with van der Waals surface area (Å²) in [5.41, 5.74) is 0.599. The van der Waals surface area contributed by atoms with Gasteiger partial charge in [-0.3, -0.25) is 14.2 Å². The summed E-state index contributed by atoms with van der Waals surface area (Å²) >= 11 is 1.32. The Kier molecular flexibility index (Phi) is 7.91. The number of fused-ring (bicyclic) bond motifs is 1. The van der Waals surface area contributed by atoms with E-state index in [1.165, 1.54) is 24.6 Å². The number of rotatable bonds is 10. The van der Waals surface area contributed by atoms with Crippen LogP contribution in [0, 0.1) is 0 Å². The number of benzene rings is 1. The van der Waals surface area contributed by atoms with Crippen LogP contribution in [0.5, 0.6) is 0 Å². The van der Waals surface area contributed by atoms with Gasteiger partial charge in [0.05, 0.1) is 29.3 Å². The van der Waals surface area contributed by atoms with Crippen molar-refractivity contribution in [3.8, 4) is 0 Å². The topological polar surface area (TPSA) is 73.2 Å². The normalized spacial score (nSPS) is 16.5. The molecule has 3 rings (SSSR count). The molecule has 28 heavy (non-hydrogen) atoms. The highest BCUT2D eigenvalue weighted by molar-refractivity contribution is 7.99. The predicted octanol–water partition coefficient (Wildman–Crippen LogP) is 3.36. The summed E-state index contributed by atoms with van der Waals surface area (Å²) in [6, 6.07) is 7.36. The number of nitrogens with zero attached hydrogens (tertiary/aromatic N) is 2.